The molecular weight excluding hydrogens is 502 g/mol. The average Bonchev–Trinajstić information content (AvgIpc) is 3.65. The highest BCUT2D eigenvalue weighted by Gasteiger charge is 2.36. The summed E-state index contributed by atoms with van der Waals surface area (Å²) >= 11 is 0. The second kappa shape index (κ2) is 10.2. The topological polar surface area (TPSA) is 76.3 Å². The number of nitrogens with one attached hydrogen (secondary N) is 1. The maximum Gasteiger partial charge on any atom is 0.418 e. The van der Waals surface area contributed by atoms with Gasteiger partial charge in [-0.05, 0) is 69.2 Å². The van der Waals surface area contributed by atoms with E-state index < -0.39 is 30.2 Å². The van der Waals surface area contributed by atoms with E-state index in [0.717, 1.165) is 38.2 Å². The Hall–Kier alpha value is -3.74. The number of aromatic nitrogens is 1. The zero-order valence-corrected chi connectivity index (χ0v) is 20.8. The number of nitriles is 1. The zero-order valence-electron chi connectivity index (χ0n) is 20.8. The molecule has 0 saturated heterocycles. The molecule has 1 aromatic heterocycles. The van der Waals surface area contributed by atoms with Crippen LogP contribution < -0.4 is 10.1 Å². The molecule has 1 N–H and O–H groups in total. The molecule has 2 aliphatic rings. The first-order chi connectivity index (χ1) is 18.2. The van der Waals surface area contributed by atoms with Crippen molar-refractivity contribution < 1.29 is 31.8 Å². The van der Waals surface area contributed by atoms with Crippen LogP contribution in [0.4, 0.5) is 28.0 Å². The fraction of sp³-hybridized carbons (Fsp3) is 0.429. The fourth-order valence-electron chi connectivity index (χ4n) is 4.96. The molecule has 0 radical (unpaired) electrons. The lowest BCUT2D eigenvalue weighted by Gasteiger charge is -2.30. The maximum atomic E-state index is 14.2. The molecule has 6 nitrogen and oxygen atoms in total. The van der Waals surface area contributed by atoms with Gasteiger partial charge in [0.1, 0.15) is 31.2 Å². The molecule has 38 heavy (non-hydrogen) atoms. The summed E-state index contributed by atoms with van der Waals surface area (Å²) in [5.74, 6) is 0.657. The molecule has 2 aliphatic carbocycles. The van der Waals surface area contributed by atoms with Crippen molar-refractivity contribution >= 4 is 22.7 Å². The highest BCUT2D eigenvalue weighted by Crippen LogP contribution is 2.45. The minimum Gasteiger partial charge on any atom is -0.491 e. The predicted molar refractivity (Wildman–Crippen MR) is 134 cm³/mol. The number of carbonyl (C=O) groups is 1. The van der Waals surface area contributed by atoms with Gasteiger partial charge in [-0.25, -0.2) is 9.18 Å². The summed E-state index contributed by atoms with van der Waals surface area (Å²) in [6, 6.07) is 10.8. The van der Waals surface area contributed by atoms with Crippen molar-refractivity contribution in [1.29, 1.82) is 5.26 Å². The molecule has 10 heteroatoms. The molecule has 1 atom stereocenters. The van der Waals surface area contributed by atoms with Gasteiger partial charge in [-0.15, -0.1) is 0 Å². The Morgan fingerprint density at radius 3 is 2.55 bits per heavy atom. The largest absolute Gasteiger partial charge is 0.491 e. The quantitative estimate of drug-likeness (QED) is 0.305. The summed E-state index contributed by atoms with van der Waals surface area (Å²) in [6.45, 7) is 0.935. The maximum absolute atomic E-state index is 14.2. The second-order valence-corrected chi connectivity index (χ2v) is 9.84. The Bertz CT molecular complexity index is 1400. The molecule has 2 fully saturated rings. The minimum absolute atomic E-state index is 0.00273. The number of rotatable bonds is 8. The normalized spacial score (nSPS) is 16.5. The van der Waals surface area contributed by atoms with Crippen LogP contribution in [0.1, 0.15) is 56.2 Å². The number of hydrogen-bond donors (Lipinski definition) is 1. The third kappa shape index (κ3) is 5.02. The van der Waals surface area contributed by atoms with Crippen LogP contribution in [0, 0.1) is 17.2 Å². The molecule has 0 unspecified atom stereocenters. The van der Waals surface area contributed by atoms with Crippen LogP contribution in [-0.2, 0) is 10.9 Å². The molecule has 5 rings (SSSR count). The number of nitrogens with zero attached hydrogens (tertiary/aromatic N) is 2. The average molecular weight is 530 g/mol. The van der Waals surface area contributed by atoms with E-state index in [9.17, 15) is 27.6 Å². The molecule has 0 spiro atoms. The zero-order chi connectivity index (χ0) is 27.0. The van der Waals surface area contributed by atoms with E-state index in [1.54, 1.807) is 25.1 Å². The second-order valence-electron chi connectivity index (χ2n) is 9.84. The molecule has 0 aliphatic heterocycles. The molecule has 3 aromatic rings. The Morgan fingerprint density at radius 2 is 1.95 bits per heavy atom. The number of alkyl halides is 4. The van der Waals surface area contributed by atoms with E-state index in [-0.39, 0.29) is 35.8 Å². The Balaban J connectivity index is 1.59. The van der Waals surface area contributed by atoms with Crippen LogP contribution >= 0.6 is 0 Å². The van der Waals surface area contributed by atoms with E-state index in [0.29, 0.717) is 22.3 Å². The van der Waals surface area contributed by atoms with Crippen molar-refractivity contribution in [2.75, 3.05) is 18.6 Å². The van der Waals surface area contributed by atoms with Crippen LogP contribution in [-0.4, -0.2) is 30.0 Å². The summed E-state index contributed by atoms with van der Waals surface area (Å²) in [5, 5.41) is 12.9. The van der Waals surface area contributed by atoms with E-state index in [1.807, 2.05) is 4.57 Å². The molecule has 200 valence electrons. The molecule has 1 heterocycles. The number of ether oxygens (including phenoxy) is 2. The SMILES string of the molecule is C[C@@H](OC(=O)Nc1ccc(-c2c(C#N)c3ccc(OCCF)cc3n2C2CCC2)cc1C(F)(F)F)C1CC1. The molecule has 2 saturated carbocycles. The van der Waals surface area contributed by atoms with Gasteiger partial charge in [-0.2, -0.15) is 18.4 Å². The van der Waals surface area contributed by atoms with Crippen molar-refractivity contribution in [3.05, 3.63) is 47.5 Å². The standard InChI is InChI=1S/C28H27F4N3O3/c1-16(17-5-6-17)38-27(36)34-24-10-7-18(13-23(24)28(30,31)32)26-22(15-33)21-9-8-20(37-12-11-29)14-25(21)35(26)19-3-2-4-19/h7-10,13-14,16-17,19H,2-6,11-12H2,1H3,(H,34,36)/t16-/m1/s1. The number of halogens is 4. The van der Waals surface area contributed by atoms with Crippen LogP contribution in [0.15, 0.2) is 36.4 Å². The van der Waals surface area contributed by atoms with Gasteiger partial charge in [0.05, 0.1) is 28.0 Å². The van der Waals surface area contributed by atoms with Crippen LogP contribution in [0.2, 0.25) is 0 Å². The van der Waals surface area contributed by atoms with Crippen molar-refractivity contribution in [2.45, 2.75) is 57.3 Å². The van der Waals surface area contributed by atoms with Crippen molar-refractivity contribution in [3.8, 4) is 23.1 Å². The van der Waals surface area contributed by atoms with Crippen LogP contribution in [0.5, 0.6) is 5.75 Å². The summed E-state index contributed by atoms with van der Waals surface area (Å²) in [7, 11) is 0. The number of carbonyl (C=O) groups excluding carboxylic acids is 1. The third-order valence-electron chi connectivity index (χ3n) is 7.29. The number of anilines is 1. The molecule has 1 amide bonds. The first kappa shape index (κ1) is 25.9. The van der Waals surface area contributed by atoms with Crippen LogP contribution in [0.3, 0.4) is 0 Å². The van der Waals surface area contributed by atoms with Gasteiger partial charge in [0.25, 0.3) is 0 Å². The molecule has 2 aromatic carbocycles. The predicted octanol–water partition coefficient (Wildman–Crippen LogP) is 7.62. The van der Waals surface area contributed by atoms with Gasteiger partial charge in [-0.3, -0.25) is 5.32 Å². The summed E-state index contributed by atoms with van der Waals surface area (Å²) in [4.78, 5) is 12.3. The Kier molecular flexibility index (Phi) is 6.95. The summed E-state index contributed by atoms with van der Waals surface area (Å²) in [5.41, 5.74) is 0.0139. The van der Waals surface area contributed by atoms with Crippen molar-refractivity contribution in [1.82, 2.24) is 4.57 Å². The lowest BCUT2D eigenvalue weighted by molar-refractivity contribution is -0.136. The molecule has 0 bridgehead atoms. The van der Waals surface area contributed by atoms with Gasteiger partial charge < -0.3 is 14.0 Å². The van der Waals surface area contributed by atoms with Crippen molar-refractivity contribution in [3.63, 3.8) is 0 Å². The number of benzene rings is 2. The number of hydrogen-bond acceptors (Lipinski definition) is 4. The Labute approximate surface area is 217 Å². The van der Waals surface area contributed by atoms with Gasteiger partial charge >= 0.3 is 12.3 Å². The lowest BCUT2D eigenvalue weighted by Crippen LogP contribution is -2.23. The highest BCUT2D eigenvalue weighted by atomic mass is 19.4. The minimum atomic E-state index is -4.77. The first-order valence-electron chi connectivity index (χ1n) is 12.7. The van der Waals surface area contributed by atoms with E-state index in [2.05, 4.69) is 11.4 Å². The number of amides is 1. The smallest absolute Gasteiger partial charge is 0.418 e. The van der Waals surface area contributed by atoms with Gasteiger partial charge in [0.15, 0.2) is 0 Å². The number of fused-ring (bicyclic) bond motifs is 1. The van der Waals surface area contributed by atoms with E-state index in [1.165, 1.54) is 12.1 Å². The van der Waals surface area contributed by atoms with E-state index >= 15 is 0 Å². The van der Waals surface area contributed by atoms with Gasteiger partial charge in [0.2, 0.25) is 0 Å². The van der Waals surface area contributed by atoms with Gasteiger partial charge in [0, 0.05) is 23.1 Å². The van der Waals surface area contributed by atoms with Gasteiger partial charge in [-0.1, -0.05) is 6.07 Å². The van der Waals surface area contributed by atoms with Crippen LogP contribution in [0.25, 0.3) is 22.2 Å². The highest BCUT2D eigenvalue weighted by molar-refractivity contribution is 5.96. The fourth-order valence-corrected chi connectivity index (χ4v) is 4.96. The summed E-state index contributed by atoms with van der Waals surface area (Å²) < 4.78 is 67.8. The first-order valence-corrected chi connectivity index (χ1v) is 12.7. The lowest BCUT2D eigenvalue weighted by atomic mass is 9.92. The monoisotopic (exact) mass is 529 g/mol. The summed E-state index contributed by atoms with van der Waals surface area (Å²) in [6.07, 6.45) is -1.64. The Morgan fingerprint density at radius 1 is 1.18 bits per heavy atom. The van der Waals surface area contributed by atoms with Crippen molar-refractivity contribution in [2.24, 2.45) is 5.92 Å². The molecular formula is C28H27F4N3O3. The third-order valence-corrected chi connectivity index (χ3v) is 7.29. The van der Waals surface area contributed by atoms with E-state index in [4.69, 9.17) is 9.47 Å².